The van der Waals surface area contributed by atoms with Crippen LogP contribution in [-0.2, 0) is 17.6 Å². The third-order valence-corrected chi connectivity index (χ3v) is 4.53. The summed E-state index contributed by atoms with van der Waals surface area (Å²) in [5.74, 6) is 1.29. The molecule has 2 aromatic carbocycles. The number of benzene rings is 2. The lowest BCUT2D eigenvalue weighted by molar-refractivity contribution is -0.123. The van der Waals surface area contributed by atoms with Crippen LogP contribution in [0.4, 0.5) is 0 Å². The van der Waals surface area contributed by atoms with Crippen LogP contribution in [0.25, 0.3) is 0 Å². The normalized spacial score (nSPS) is 15.7. The fourth-order valence-electron chi connectivity index (χ4n) is 3.26. The molecule has 1 heterocycles. The highest BCUT2D eigenvalue weighted by Gasteiger charge is 2.32. The summed E-state index contributed by atoms with van der Waals surface area (Å²) in [4.78, 5) is 12.2. The summed E-state index contributed by atoms with van der Waals surface area (Å²) in [5, 5.41) is 3.00. The van der Waals surface area contributed by atoms with Crippen molar-refractivity contribution in [1.82, 2.24) is 5.32 Å². The maximum Gasteiger partial charge on any atom is 0.258 e. The van der Waals surface area contributed by atoms with Crippen molar-refractivity contribution in [1.29, 1.82) is 0 Å². The molecule has 0 bridgehead atoms. The van der Waals surface area contributed by atoms with Crippen molar-refractivity contribution in [3.8, 4) is 11.5 Å². The van der Waals surface area contributed by atoms with Gasteiger partial charge in [0.15, 0.2) is 18.1 Å². The van der Waals surface area contributed by atoms with E-state index in [4.69, 9.17) is 9.47 Å². The smallest absolute Gasteiger partial charge is 0.258 e. The highest BCUT2D eigenvalue weighted by molar-refractivity contribution is 5.78. The van der Waals surface area contributed by atoms with Crippen molar-refractivity contribution in [3.05, 3.63) is 59.7 Å². The molecule has 0 radical (unpaired) electrons. The fraction of sp³-hybridized carbons (Fsp3) is 0.409. The summed E-state index contributed by atoms with van der Waals surface area (Å²) < 4.78 is 11.7. The predicted octanol–water partition coefficient (Wildman–Crippen LogP) is 3.92. The zero-order chi connectivity index (χ0) is 18.6. The van der Waals surface area contributed by atoms with Crippen molar-refractivity contribution >= 4 is 5.91 Å². The molecule has 1 aliphatic heterocycles. The van der Waals surface area contributed by atoms with Gasteiger partial charge in [-0.1, -0.05) is 42.5 Å². The molecule has 1 amide bonds. The molecule has 3 rings (SSSR count). The van der Waals surface area contributed by atoms with Gasteiger partial charge < -0.3 is 14.8 Å². The number of carbonyl (C=O) groups excluding carboxylic acids is 1. The van der Waals surface area contributed by atoms with Crippen LogP contribution in [0.1, 0.15) is 38.3 Å². The lowest BCUT2D eigenvalue weighted by atomic mass is 10.0. The molecule has 0 unspecified atom stereocenters. The lowest BCUT2D eigenvalue weighted by Crippen LogP contribution is -2.36. The minimum absolute atomic E-state index is 0.00405. The highest BCUT2D eigenvalue weighted by Crippen LogP contribution is 2.41. The van der Waals surface area contributed by atoms with Crippen molar-refractivity contribution in [2.75, 3.05) is 6.61 Å². The molecule has 2 aromatic rings. The number of nitrogens with one attached hydrogen (secondary N) is 1. The van der Waals surface area contributed by atoms with Gasteiger partial charge in [-0.2, -0.15) is 0 Å². The van der Waals surface area contributed by atoms with Crippen LogP contribution in [0, 0.1) is 0 Å². The number of carbonyl (C=O) groups is 1. The molecule has 4 nitrogen and oxygen atoms in total. The summed E-state index contributed by atoms with van der Waals surface area (Å²) in [6, 6.07) is 16.2. The highest BCUT2D eigenvalue weighted by atomic mass is 16.5. The van der Waals surface area contributed by atoms with E-state index >= 15 is 0 Å². The molecule has 0 saturated carbocycles. The first-order chi connectivity index (χ1) is 12.4. The zero-order valence-electron chi connectivity index (χ0n) is 15.7. The molecule has 1 N–H and O–H groups in total. The van der Waals surface area contributed by atoms with E-state index < -0.39 is 0 Å². The van der Waals surface area contributed by atoms with Gasteiger partial charge in [-0.25, -0.2) is 0 Å². The first kappa shape index (κ1) is 18.3. The molecule has 1 aliphatic rings. The number of fused-ring (bicyclic) bond motifs is 1. The third kappa shape index (κ3) is 4.78. The molecule has 0 saturated heterocycles. The monoisotopic (exact) mass is 353 g/mol. The van der Waals surface area contributed by atoms with Crippen molar-refractivity contribution in [2.24, 2.45) is 0 Å². The molecule has 0 spiro atoms. The fourth-order valence-corrected chi connectivity index (χ4v) is 3.26. The van der Waals surface area contributed by atoms with E-state index in [1.165, 1.54) is 5.56 Å². The Balaban J connectivity index is 1.47. The summed E-state index contributed by atoms with van der Waals surface area (Å²) in [6.45, 7) is 6.12. The van der Waals surface area contributed by atoms with Gasteiger partial charge >= 0.3 is 0 Å². The van der Waals surface area contributed by atoms with E-state index in [2.05, 4.69) is 31.3 Å². The summed E-state index contributed by atoms with van der Waals surface area (Å²) >= 11 is 0. The first-order valence-electron chi connectivity index (χ1n) is 9.20. The Morgan fingerprint density at radius 2 is 1.96 bits per heavy atom. The molecule has 0 aromatic heterocycles. The second kappa shape index (κ2) is 7.81. The number of aryl methyl sites for hydroxylation is 1. The second-order valence-electron chi connectivity index (χ2n) is 7.56. The van der Waals surface area contributed by atoms with Gasteiger partial charge in [0, 0.05) is 18.0 Å². The third-order valence-electron chi connectivity index (χ3n) is 4.53. The summed E-state index contributed by atoms with van der Waals surface area (Å²) in [6.07, 6.45) is 2.69. The quantitative estimate of drug-likeness (QED) is 0.821. The van der Waals surface area contributed by atoms with Crippen LogP contribution in [0.5, 0.6) is 11.5 Å². The Morgan fingerprint density at radius 3 is 2.73 bits per heavy atom. The molecule has 1 atom stereocenters. The molecule has 26 heavy (non-hydrogen) atoms. The molecule has 0 fully saturated rings. The van der Waals surface area contributed by atoms with Crippen LogP contribution in [0.2, 0.25) is 0 Å². The van der Waals surface area contributed by atoms with Crippen LogP contribution < -0.4 is 14.8 Å². The summed E-state index contributed by atoms with van der Waals surface area (Å²) in [5.41, 5.74) is 2.18. The van der Waals surface area contributed by atoms with Gasteiger partial charge in [0.2, 0.25) is 0 Å². The van der Waals surface area contributed by atoms with E-state index in [-0.39, 0.29) is 24.2 Å². The van der Waals surface area contributed by atoms with E-state index in [1.807, 2.05) is 43.3 Å². The lowest BCUT2D eigenvalue weighted by Gasteiger charge is -2.18. The Labute approximate surface area is 155 Å². The zero-order valence-corrected chi connectivity index (χ0v) is 15.7. The van der Waals surface area contributed by atoms with E-state index in [9.17, 15) is 4.79 Å². The van der Waals surface area contributed by atoms with Crippen LogP contribution in [0.3, 0.4) is 0 Å². The average molecular weight is 353 g/mol. The first-order valence-corrected chi connectivity index (χ1v) is 9.20. The van der Waals surface area contributed by atoms with E-state index in [1.54, 1.807) is 0 Å². The number of para-hydroxylation sites is 1. The number of hydrogen-bond donors (Lipinski definition) is 1. The summed E-state index contributed by atoms with van der Waals surface area (Å²) in [7, 11) is 0. The predicted molar refractivity (Wildman–Crippen MR) is 103 cm³/mol. The second-order valence-corrected chi connectivity index (χ2v) is 7.56. The number of hydrogen-bond acceptors (Lipinski definition) is 3. The topological polar surface area (TPSA) is 47.6 Å². The maximum absolute atomic E-state index is 12.2. The maximum atomic E-state index is 12.2. The van der Waals surface area contributed by atoms with Crippen molar-refractivity contribution in [2.45, 2.75) is 51.7 Å². The van der Waals surface area contributed by atoms with Gasteiger partial charge in [-0.3, -0.25) is 4.79 Å². The molecular formula is C22H27NO3. The number of ether oxygens (including phenoxy) is 2. The molecule has 0 aliphatic carbocycles. The molecular weight excluding hydrogens is 326 g/mol. The minimum atomic E-state index is -0.226. The largest absolute Gasteiger partial charge is 0.483 e. The number of amides is 1. The Morgan fingerprint density at radius 1 is 1.19 bits per heavy atom. The Kier molecular flexibility index (Phi) is 5.50. The Bertz CT molecular complexity index is 755. The van der Waals surface area contributed by atoms with Gasteiger partial charge in [0.25, 0.3) is 5.91 Å². The van der Waals surface area contributed by atoms with Gasteiger partial charge in [0.1, 0.15) is 5.60 Å². The van der Waals surface area contributed by atoms with Crippen LogP contribution in [-0.4, -0.2) is 24.2 Å². The van der Waals surface area contributed by atoms with Gasteiger partial charge in [-0.15, -0.1) is 0 Å². The molecule has 4 heteroatoms. The minimum Gasteiger partial charge on any atom is -0.483 e. The standard InChI is InChI=1S/C22H27NO3/c1-16(12-13-17-8-5-4-6-9-17)23-20(24)15-25-19-11-7-10-18-14-22(2,3)26-21(18)19/h4-11,16H,12-15H2,1-3H3,(H,23,24)/t16-/m0/s1. The van der Waals surface area contributed by atoms with Crippen LogP contribution in [0.15, 0.2) is 48.5 Å². The van der Waals surface area contributed by atoms with Gasteiger partial charge in [0.05, 0.1) is 0 Å². The SMILES string of the molecule is C[C@@H](CCc1ccccc1)NC(=O)COc1cccc2c1OC(C)(C)C2. The van der Waals surface area contributed by atoms with Crippen molar-refractivity contribution in [3.63, 3.8) is 0 Å². The van der Waals surface area contributed by atoms with Gasteiger partial charge in [-0.05, 0) is 45.2 Å². The average Bonchev–Trinajstić information content (AvgIpc) is 2.93. The van der Waals surface area contributed by atoms with Crippen LogP contribution >= 0.6 is 0 Å². The Hall–Kier alpha value is -2.49. The number of rotatable bonds is 7. The molecule has 138 valence electrons. The van der Waals surface area contributed by atoms with E-state index in [0.717, 1.165) is 30.6 Å². The van der Waals surface area contributed by atoms with Crippen molar-refractivity contribution < 1.29 is 14.3 Å². The van der Waals surface area contributed by atoms with E-state index in [0.29, 0.717) is 5.75 Å².